The van der Waals surface area contributed by atoms with Crippen molar-refractivity contribution in [3.63, 3.8) is 0 Å². The van der Waals surface area contributed by atoms with Crippen LogP contribution in [0.3, 0.4) is 0 Å². The van der Waals surface area contributed by atoms with Gasteiger partial charge in [-0.15, -0.1) is 0 Å². The first-order chi connectivity index (χ1) is 26.3. The van der Waals surface area contributed by atoms with E-state index in [1.807, 2.05) is 90.1 Å². The van der Waals surface area contributed by atoms with Gasteiger partial charge in [0.1, 0.15) is 24.7 Å². The van der Waals surface area contributed by atoms with Gasteiger partial charge in [0.05, 0.1) is 0 Å². The second-order valence-electron chi connectivity index (χ2n) is 13.1. The van der Waals surface area contributed by atoms with Crippen LogP contribution in [0.15, 0.2) is 72.8 Å². The van der Waals surface area contributed by atoms with Gasteiger partial charge >= 0.3 is 17.6 Å². The highest BCUT2D eigenvalue weighted by Gasteiger charge is 2.40. The molecule has 2 N–H and O–H groups in total. The van der Waals surface area contributed by atoms with Crippen LogP contribution >= 0.6 is 0 Å². The molecule has 0 aromatic heterocycles. The van der Waals surface area contributed by atoms with Crippen molar-refractivity contribution >= 4 is 29.4 Å². The van der Waals surface area contributed by atoms with Crippen molar-refractivity contribution in [2.75, 3.05) is 65.9 Å². The molecule has 2 rings (SSSR count). The smallest absolute Gasteiger partial charge is 0.489 e. The summed E-state index contributed by atoms with van der Waals surface area (Å²) in [7, 11) is -5.49. The highest BCUT2D eigenvalue weighted by atomic mass is 28.4. The van der Waals surface area contributed by atoms with Crippen molar-refractivity contribution in [2.24, 2.45) is 0 Å². The lowest BCUT2D eigenvalue weighted by Gasteiger charge is -2.28. The summed E-state index contributed by atoms with van der Waals surface area (Å²) < 4.78 is 47.1. The van der Waals surface area contributed by atoms with Crippen LogP contribution in [0.1, 0.15) is 79.4 Å². The molecular weight excluding hydrogens is 737 g/mol. The van der Waals surface area contributed by atoms with E-state index in [1.165, 1.54) is 0 Å². The minimum Gasteiger partial charge on any atom is -0.489 e. The fourth-order valence-corrected chi connectivity index (χ4v) is 11.1. The molecule has 14 heteroatoms. The third-order valence-electron chi connectivity index (χ3n) is 8.70. The normalized spacial score (nSPS) is 11.9. The maximum Gasteiger partial charge on any atom is 0.500 e. The van der Waals surface area contributed by atoms with E-state index < -0.39 is 17.6 Å². The number of carbonyl (C=O) groups is 2. The molecular formula is C41H66N2O10Si2. The first kappa shape index (κ1) is 47.8. The van der Waals surface area contributed by atoms with E-state index in [2.05, 4.69) is 37.6 Å². The second-order valence-corrected chi connectivity index (χ2v) is 18.6. The Balaban J connectivity index is 1.82. The Morgan fingerprint density at radius 2 is 0.836 bits per heavy atom. The fourth-order valence-electron chi connectivity index (χ4n) is 5.84. The van der Waals surface area contributed by atoms with E-state index in [4.69, 9.17) is 36.0 Å². The first-order valence-corrected chi connectivity index (χ1v) is 23.4. The number of hydrogen-bond donors (Lipinski definition) is 2. The van der Waals surface area contributed by atoms with Crippen LogP contribution in [0.2, 0.25) is 12.1 Å². The van der Waals surface area contributed by atoms with Gasteiger partial charge < -0.3 is 46.7 Å². The average molecular weight is 803 g/mol. The third-order valence-corrected chi connectivity index (χ3v) is 15.0. The molecule has 0 aliphatic heterocycles. The quantitative estimate of drug-likeness (QED) is 0.0484. The maximum atomic E-state index is 12.7. The fraction of sp³-hybridized carbons (Fsp3) is 0.561. The number of hydrogen-bond acceptors (Lipinski definition) is 10. The van der Waals surface area contributed by atoms with Gasteiger partial charge in [0.25, 0.3) is 0 Å². The van der Waals surface area contributed by atoms with Gasteiger partial charge in [0, 0.05) is 81.4 Å². The van der Waals surface area contributed by atoms with Gasteiger partial charge in [0.2, 0.25) is 11.8 Å². The molecule has 0 fully saturated rings. The molecule has 55 heavy (non-hydrogen) atoms. The maximum absolute atomic E-state index is 12.7. The molecule has 0 saturated heterocycles. The highest BCUT2D eigenvalue weighted by Crippen LogP contribution is 2.33. The summed E-state index contributed by atoms with van der Waals surface area (Å²) >= 11 is 0. The van der Waals surface area contributed by atoms with Crippen molar-refractivity contribution in [3.05, 3.63) is 84.0 Å². The predicted octanol–water partition coefficient (Wildman–Crippen LogP) is 6.99. The topological polar surface area (TPSA) is 132 Å². The minimum absolute atomic E-state index is 0.0686. The molecule has 0 spiro atoms. The summed E-state index contributed by atoms with van der Waals surface area (Å²) in [5, 5.41) is 5.81. The lowest BCUT2D eigenvalue weighted by atomic mass is 9.78. The Hall–Kier alpha value is -3.35. The Bertz CT molecular complexity index is 1310. The summed E-state index contributed by atoms with van der Waals surface area (Å²) in [5.41, 5.74) is 2.53. The van der Waals surface area contributed by atoms with E-state index in [1.54, 1.807) is 0 Å². The van der Waals surface area contributed by atoms with Crippen LogP contribution in [-0.2, 0) is 41.6 Å². The molecule has 0 aliphatic carbocycles. The van der Waals surface area contributed by atoms with Crippen LogP contribution in [0.25, 0.3) is 0 Å². The molecule has 308 valence electrons. The standard InChI is InChI=1S/C41H66N2O10Si2/c1-11-48-54(49-12-2,50-13-3)29-17-27-42-39(44)33(7)31-46-37-23-19-35(20-24-37)41(9,10)36-21-25-38(26-22-36)47-32-34(8)40(45)43-28-18-30-55(51-14-4,52-15-5)53-16-6/h19-26H,7-8,11-18,27-32H2,1-6,9-10H3,(H,42,44)(H,43,45). The van der Waals surface area contributed by atoms with E-state index in [-0.39, 0.29) is 30.4 Å². The predicted molar refractivity (Wildman–Crippen MR) is 220 cm³/mol. The molecule has 0 saturated carbocycles. The number of amides is 2. The summed E-state index contributed by atoms with van der Waals surface area (Å²) in [6.07, 6.45) is 1.33. The summed E-state index contributed by atoms with van der Waals surface area (Å²) in [5.74, 6) is 0.761. The van der Waals surface area contributed by atoms with E-state index >= 15 is 0 Å². The average Bonchev–Trinajstić information content (AvgIpc) is 3.17. The first-order valence-electron chi connectivity index (χ1n) is 19.6. The van der Waals surface area contributed by atoms with Crippen molar-refractivity contribution < 1.29 is 45.6 Å². The zero-order valence-electron chi connectivity index (χ0n) is 34.5. The number of ether oxygens (including phenoxy) is 2. The summed E-state index contributed by atoms with van der Waals surface area (Å²) in [6, 6.07) is 16.9. The zero-order chi connectivity index (χ0) is 40.7. The van der Waals surface area contributed by atoms with E-state index in [9.17, 15) is 9.59 Å². The van der Waals surface area contributed by atoms with Gasteiger partial charge in [-0.1, -0.05) is 51.3 Å². The summed E-state index contributed by atoms with van der Waals surface area (Å²) in [4.78, 5) is 25.3. The summed E-state index contributed by atoms with van der Waals surface area (Å²) in [6.45, 7) is 27.8. The molecule has 2 aromatic rings. The second kappa shape index (κ2) is 25.0. The Labute approximate surface area is 332 Å². The molecule has 0 unspecified atom stereocenters. The van der Waals surface area contributed by atoms with Gasteiger partial charge in [-0.2, -0.15) is 0 Å². The molecule has 0 bridgehead atoms. The van der Waals surface area contributed by atoms with Crippen molar-refractivity contribution in [3.8, 4) is 11.5 Å². The van der Waals surface area contributed by atoms with Crippen LogP contribution in [-0.4, -0.2) is 95.4 Å². The number of rotatable bonds is 30. The monoisotopic (exact) mass is 802 g/mol. The molecule has 0 heterocycles. The van der Waals surface area contributed by atoms with Crippen molar-refractivity contribution in [1.29, 1.82) is 0 Å². The lowest BCUT2D eigenvalue weighted by molar-refractivity contribution is -0.118. The lowest BCUT2D eigenvalue weighted by Crippen LogP contribution is -2.46. The van der Waals surface area contributed by atoms with Crippen LogP contribution in [0.5, 0.6) is 11.5 Å². The molecule has 0 atom stereocenters. The Morgan fingerprint density at radius 1 is 0.545 bits per heavy atom. The third kappa shape index (κ3) is 16.0. The zero-order valence-corrected chi connectivity index (χ0v) is 36.5. The highest BCUT2D eigenvalue weighted by molar-refractivity contribution is 6.61. The van der Waals surface area contributed by atoms with Gasteiger partial charge in [-0.25, -0.2) is 0 Å². The van der Waals surface area contributed by atoms with Gasteiger partial charge in [-0.05, 0) is 89.8 Å². The van der Waals surface area contributed by atoms with Gasteiger partial charge in [-0.3, -0.25) is 9.59 Å². The molecule has 0 radical (unpaired) electrons. The van der Waals surface area contributed by atoms with E-state index in [0.717, 1.165) is 11.1 Å². The minimum atomic E-state index is -2.75. The van der Waals surface area contributed by atoms with Crippen molar-refractivity contribution in [1.82, 2.24) is 10.6 Å². The molecule has 0 aliphatic rings. The molecule has 12 nitrogen and oxygen atoms in total. The number of benzene rings is 2. The molecule has 2 aromatic carbocycles. The Morgan fingerprint density at radius 3 is 1.11 bits per heavy atom. The van der Waals surface area contributed by atoms with Crippen LogP contribution < -0.4 is 20.1 Å². The Kier molecular flexibility index (Phi) is 21.7. The van der Waals surface area contributed by atoms with E-state index in [0.29, 0.717) is 100 Å². The number of carbonyl (C=O) groups excluding carboxylic acids is 2. The number of nitrogens with one attached hydrogen (secondary N) is 2. The van der Waals surface area contributed by atoms with Crippen molar-refractivity contribution in [2.45, 2.75) is 85.7 Å². The molecule has 2 amide bonds. The van der Waals surface area contributed by atoms with Crippen LogP contribution in [0, 0.1) is 0 Å². The van der Waals surface area contributed by atoms with Gasteiger partial charge in [0.15, 0.2) is 0 Å². The SMILES string of the molecule is C=C(COc1ccc(C(C)(C)c2ccc(OCC(=C)C(=O)NCCC[Si](OCC)(OCC)OCC)cc2)cc1)C(=O)NCCC[Si](OCC)(OCC)OCC. The van der Waals surface area contributed by atoms with Crippen LogP contribution in [0.4, 0.5) is 0 Å². The largest absolute Gasteiger partial charge is 0.500 e.